The Morgan fingerprint density at radius 2 is 1.77 bits per heavy atom. The zero-order valence-corrected chi connectivity index (χ0v) is 14.0. The lowest BCUT2D eigenvalue weighted by Gasteiger charge is -2.10. The minimum atomic E-state index is -0.301. The van der Waals surface area contributed by atoms with Crippen molar-refractivity contribution in [2.75, 3.05) is 12.0 Å². The van der Waals surface area contributed by atoms with Gasteiger partial charge in [0, 0.05) is 10.2 Å². The van der Waals surface area contributed by atoms with Crippen molar-refractivity contribution in [3.63, 3.8) is 0 Å². The highest BCUT2D eigenvalue weighted by molar-refractivity contribution is 9.10. The molecule has 0 spiro atoms. The first-order valence-electron chi connectivity index (χ1n) is 7.19. The van der Waals surface area contributed by atoms with Crippen LogP contribution >= 0.6 is 15.9 Å². The minimum absolute atomic E-state index is 0.121. The Morgan fingerprint density at radius 3 is 2.41 bits per heavy atom. The average Bonchev–Trinajstić information content (AvgIpc) is 2.52. The number of rotatable bonds is 6. The first-order chi connectivity index (χ1) is 10.7. The van der Waals surface area contributed by atoms with E-state index >= 15 is 0 Å². The number of hydrogen-bond donors (Lipinski definition) is 2. The highest BCUT2D eigenvalue weighted by atomic mass is 79.9. The summed E-state index contributed by atoms with van der Waals surface area (Å²) in [5.74, 6) is 0.740. The van der Waals surface area contributed by atoms with E-state index in [2.05, 4.69) is 33.5 Å². The molecule has 2 aromatic rings. The second-order valence-corrected chi connectivity index (χ2v) is 5.74. The van der Waals surface area contributed by atoms with Crippen LogP contribution in [0.3, 0.4) is 0 Å². The number of aryl methyl sites for hydroxylation is 1. The summed E-state index contributed by atoms with van der Waals surface area (Å²) in [7, 11) is 0. The SMILES string of the molecule is CCCc1ccc(OCNC(=O)Nc2ccc(Br)cc2)cc1. The summed E-state index contributed by atoms with van der Waals surface area (Å²) >= 11 is 3.35. The van der Waals surface area contributed by atoms with Crippen LogP contribution in [0.1, 0.15) is 18.9 Å². The zero-order valence-electron chi connectivity index (χ0n) is 12.4. The molecule has 2 amide bonds. The molecule has 0 heterocycles. The smallest absolute Gasteiger partial charge is 0.321 e. The maximum Gasteiger partial charge on any atom is 0.321 e. The fourth-order valence-corrected chi connectivity index (χ4v) is 2.20. The van der Waals surface area contributed by atoms with E-state index in [4.69, 9.17) is 4.74 Å². The Labute approximate surface area is 139 Å². The van der Waals surface area contributed by atoms with Crippen molar-refractivity contribution in [1.82, 2.24) is 5.32 Å². The summed E-state index contributed by atoms with van der Waals surface area (Å²) in [5, 5.41) is 5.38. The minimum Gasteiger partial charge on any atom is -0.473 e. The third-order valence-electron chi connectivity index (χ3n) is 3.04. The van der Waals surface area contributed by atoms with Gasteiger partial charge in [-0.25, -0.2) is 4.79 Å². The maximum atomic E-state index is 11.7. The summed E-state index contributed by atoms with van der Waals surface area (Å²) in [6.07, 6.45) is 2.19. The van der Waals surface area contributed by atoms with Gasteiger partial charge in [-0.1, -0.05) is 41.4 Å². The van der Waals surface area contributed by atoms with Crippen molar-refractivity contribution >= 4 is 27.6 Å². The number of ether oxygens (including phenoxy) is 1. The molecule has 2 aromatic carbocycles. The molecule has 0 atom stereocenters. The molecule has 0 aliphatic rings. The Balaban J connectivity index is 1.73. The van der Waals surface area contributed by atoms with Gasteiger partial charge in [-0.15, -0.1) is 0 Å². The molecule has 0 bridgehead atoms. The lowest BCUT2D eigenvalue weighted by Crippen LogP contribution is -2.31. The highest BCUT2D eigenvalue weighted by Gasteiger charge is 2.01. The number of nitrogens with one attached hydrogen (secondary N) is 2. The van der Waals surface area contributed by atoms with Gasteiger partial charge < -0.3 is 15.4 Å². The number of halogens is 1. The molecule has 0 aliphatic heterocycles. The second kappa shape index (κ2) is 8.44. The predicted molar refractivity (Wildman–Crippen MR) is 92.2 cm³/mol. The maximum absolute atomic E-state index is 11.7. The van der Waals surface area contributed by atoms with Gasteiger partial charge in [0.15, 0.2) is 6.73 Å². The Morgan fingerprint density at radius 1 is 1.09 bits per heavy atom. The van der Waals surface area contributed by atoms with Gasteiger partial charge in [-0.05, 0) is 48.4 Å². The van der Waals surface area contributed by atoms with Crippen LogP contribution in [0, 0.1) is 0 Å². The molecule has 0 fully saturated rings. The molecule has 5 heteroatoms. The Bertz CT molecular complexity index is 597. The number of amides is 2. The van der Waals surface area contributed by atoms with Crippen LogP contribution in [0.25, 0.3) is 0 Å². The van der Waals surface area contributed by atoms with Gasteiger partial charge in [-0.2, -0.15) is 0 Å². The fraction of sp³-hybridized carbons (Fsp3) is 0.235. The molecule has 0 saturated carbocycles. The van der Waals surface area contributed by atoms with Crippen molar-refractivity contribution in [2.24, 2.45) is 0 Å². The van der Waals surface area contributed by atoms with E-state index in [1.807, 2.05) is 48.5 Å². The van der Waals surface area contributed by atoms with Gasteiger partial charge >= 0.3 is 6.03 Å². The van der Waals surface area contributed by atoms with Crippen molar-refractivity contribution in [2.45, 2.75) is 19.8 Å². The van der Waals surface area contributed by atoms with Crippen molar-refractivity contribution in [1.29, 1.82) is 0 Å². The van der Waals surface area contributed by atoms with E-state index in [0.717, 1.165) is 28.8 Å². The van der Waals surface area contributed by atoms with Gasteiger partial charge in [0.1, 0.15) is 5.75 Å². The molecular weight excluding hydrogens is 344 g/mol. The Kier molecular flexibility index (Phi) is 6.27. The number of urea groups is 1. The first kappa shape index (κ1) is 16.4. The number of hydrogen-bond acceptors (Lipinski definition) is 2. The van der Waals surface area contributed by atoms with Crippen molar-refractivity contribution in [3.05, 3.63) is 58.6 Å². The molecule has 0 radical (unpaired) electrons. The summed E-state index contributed by atoms with van der Waals surface area (Å²) in [6.45, 7) is 2.27. The molecule has 2 N–H and O–H groups in total. The summed E-state index contributed by atoms with van der Waals surface area (Å²) < 4.78 is 6.45. The third-order valence-corrected chi connectivity index (χ3v) is 3.56. The predicted octanol–water partition coefficient (Wildman–Crippen LogP) is 4.56. The molecule has 0 unspecified atom stereocenters. The topological polar surface area (TPSA) is 50.4 Å². The second-order valence-electron chi connectivity index (χ2n) is 4.82. The van der Waals surface area contributed by atoms with Crippen LogP contribution in [-0.2, 0) is 6.42 Å². The molecule has 2 rings (SSSR count). The normalized spacial score (nSPS) is 10.1. The lowest BCUT2D eigenvalue weighted by molar-refractivity contribution is 0.234. The van der Waals surface area contributed by atoms with Crippen molar-refractivity contribution in [3.8, 4) is 5.75 Å². The van der Waals surface area contributed by atoms with Crippen LogP contribution in [0.2, 0.25) is 0 Å². The quantitative estimate of drug-likeness (QED) is 0.740. The largest absolute Gasteiger partial charge is 0.473 e. The van der Waals surface area contributed by atoms with Crippen LogP contribution in [-0.4, -0.2) is 12.8 Å². The van der Waals surface area contributed by atoms with Crippen LogP contribution in [0.15, 0.2) is 53.0 Å². The van der Waals surface area contributed by atoms with E-state index in [1.54, 1.807) is 0 Å². The summed E-state index contributed by atoms with van der Waals surface area (Å²) in [5.41, 5.74) is 2.01. The third kappa shape index (κ3) is 5.41. The highest BCUT2D eigenvalue weighted by Crippen LogP contribution is 2.14. The van der Waals surface area contributed by atoms with E-state index in [-0.39, 0.29) is 12.8 Å². The van der Waals surface area contributed by atoms with Gasteiger partial charge in [0.05, 0.1) is 0 Å². The number of carbonyl (C=O) groups excluding carboxylic acids is 1. The summed E-state index contributed by atoms with van der Waals surface area (Å²) in [4.78, 5) is 11.7. The van der Waals surface area contributed by atoms with Crippen LogP contribution < -0.4 is 15.4 Å². The molecule has 0 aromatic heterocycles. The van der Waals surface area contributed by atoms with E-state index < -0.39 is 0 Å². The molecule has 22 heavy (non-hydrogen) atoms. The molecule has 0 aliphatic carbocycles. The average molecular weight is 363 g/mol. The standard InChI is InChI=1S/C17H19BrN2O2/c1-2-3-13-4-10-16(11-5-13)22-12-19-17(21)20-15-8-6-14(18)7-9-15/h4-11H,2-3,12H2,1H3,(H2,19,20,21). The number of anilines is 1. The monoisotopic (exact) mass is 362 g/mol. The van der Waals surface area contributed by atoms with Gasteiger partial charge in [0.25, 0.3) is 0 Å². The Hall–Kier alpha value is -2.01. The van der Waals surface area contributed by atoms with E-state index in [9.17, 15) is 4.79 Å². The first-order valence-corrected chi connectivity index (χ1v) is 7.99. The summed E-state index contributed by atoms with van der Waals surface area (Å²) in [6, 6.07) is 15.0. The van der Waals surface area contributed by atoms with E-state index in [0.29, 0.717) is 0 Å². The molecule has 4 nitrogen and oxygen atoms in total. The number of benzene rings is 2. The molecule has 116 valence electrons. The van der Waals surface area contributed by atoms with E-state index in [1.165, 1.54) is 5.56 Å². The zero-order chi connectivity index (χ0) is 15.8. The van der Waals surface area contributed by atoms with Gasteiger partial charge in [-0.3, -0.25) is 0 Å². The molecular formula is C17H19BrN2O2. The van der Waals surface area contributed by atoms with Gasteiger partial charge in [0.2, 0.25) is 0 Å². The van der Waals surface area contributed by atoms with Crippen LogP contribution in [0.5, 0.6) is 5.75 Å². The number of carbonyl (C=O) groups is 1. The molecule has 0 saturated heterocycles. The van der Waals surface area contributed by atoms with Crippen molar-refractivity contribution < 1.29 is 9.53 Å². The lowest BCUT2D eigenvalue weighted by atomic mass is 10.1. The fourth-order valence-electron chi connectivity index (χ4n) is 1.93. The van der Waals surface area contributed by atoms with Crippen LogP contribution in [0.4, 0.5) is 10.5 Å².